The van der Waals surface area contributed by atoms with E-state index in [0.29, 0.717) is 0 Å². The van der Waals surface area contributed by atoms with Crippen LogP contribution in [0.15, 0.2) is 0 Å². The minimum atomic E-state index is -4.11. The second-order valence-electron chi connectivity index (χ2n) is 2.50. The molecule has 0 fully saturated rings. The minimum Gasteiger partial charge on any atom is -0.368 e. The third-order valence-corrected chi connectivity index (χ3v) is 6.99. The van der Waals surface area contributed by atoms with Crippen molar-refractivity contribution in [3.63, 3.8) is 0 Å². The van der Waals surface area contributed by atoms with E-state index in [1.54, 1.807) is 0 Å². The molecule has 1 radical (unpaired) electrons. The standard InChI is InChI=1S/C6H15O7P2/c1-6(7,14(8,10-2)11-3)15(9,12-4)13-5/h7H,1H2,2-5H3. The summed E-state index contributed by atoms with van der Waals surface area (Å²) in [4.78, 5) is 0. The second-order valence-corrected chi connectivity index (χ2v) is 7.78. The smallest absolute Gasteiger partial charge is 0.368 e. The van der Waals surface area contributed by atoms with E-state index in [-0.39, 0.29) is 0 Å². The van der Waals surface area contributed by atoms with Gasteiger partial charge in [-0.2, -0.15) is 0 Å². The molecule has 15 heavy (non-hydrogen) atoms. The SMILES string of the molecule is [CH2]C(O)(P(=O)(OC)OC)P(=O)(OC)OC. The fourth-order valence-corrected chi connectivity index (χ4v) is 4.53. The van der Waals surface area contributed by atoms with Crippen LogP contribution in [0.25, 0.3) is 0 Å². The van der Waals surface area contributed by atoms with Gasteiger partial charge in [0.1, 0.15) is 0 Å². The number of aliphatic hydroxyl groups is 1. The second kappa shape index (κ2) is 5.06. The first-order chi connectivity index (χ1) is 6.74. The quantitative estimate of drug-likeness (QED) is 0.723. The fraction of sp³-hybridized carbons (Fsp3) is 0.833. The van der Waals surface area contributed by atoms with Gasteiger partial charge >= 0.3 is 15.2 Å². The summed E-state index contributed by atoms with van der Waals surface area (Å²) in [6.07, 6.45) is 0. The van der Waals surface area contributed by atoms with Gasteiger partial charge in [0, 0.05) is 35.4 Å². The first-order valence-corrected chi connectivity index (χ1v) is 6.84. The van der Waals surface area contributed by atoms with Gasteiger partial charge in [-0.05, 0) is 0 Å². The van der Waals surface area contributed by atoms with Gasteiger partial charge in [0.05, 0.1) is 0 Å². The van der Waals surface area contributed by atoms with E-state index in [0.717, 1.165) is 28.4 Å². The zero-order chi connectivity index (χ0) is 12.3. The van der Waals surface area contributed by atoms with Crippen molar-refractivity contribution in [3.8, 4) is 0 Å². The van der Waals surface area contributed by atoms with Crippen molar-refractivity contribution in [2.45, 2.75) is 5.08 Å². The maximum atomic E-state index is 11.8. The molecule has 0 saturated heterocycles. The molecule has 0 spiro atoms. The summed E-state index contributed by atoms with van der Waals surface area (Å²) in [5.74, 6) is 0. The van der Waals surface area contributed by atoms with Crippen molar-refractivity contribution < 1.29 is 32.3 Å². The van der Waals surface area contributed by atoms with Crippen LogP contribution in [0.4, 0.5) is 0 Å². The largest absolute Gasteiger partial charge is 0.374 e. The Balaban J connectivity index is 5.47. The Morgan fingerprint density at radius 3 is 1.27 bits per heavy atom. The van der Waals surface area contributed by atoms with Crippen LogP contribution in [0.5, 0.6) is 0 Å². The van der Waals surface area contributed by atoms with Crippen LogP contribution in [-0.2, 0) is 27.2 Å². The van der Waals surface area contributed by atoms with Crippen LogP contribution in [0.1, 0.15) is 0 Å². The van der Waals surface area contributed by atoms with Crippen molar-refractivity contribution in [3.05, 3.63) is 6.92 Å². The zero-order valence-corrected chi connectivity index (χ0v) is 10.8. The lowest BCUT2D eigenvalue weighted by molar-refractivity contribution is 0.132. The average molecular weight is 261 g/mol. The molecule has 1 N–H and O–H groups in total. The Hall–Kier alpha value is 0.260. The Kier molecular flexibility index (Phi) is 5.15. The third-order valence-electron chi connectivity index (χ3n) is 1.84. The molecule has 0 amide bonds. The molecule has 91 valence electrons. The molecule has 0 aromatic carbocycles. The van der Waals surface area contributed by atoms with Gasteiger partial charge in [-0.3, -0.25) is 9.13 Å². The molecular weight excluding hydrogens is 246 g/mol. The Bertz CT molecular complexity index is 256. The molecule has 0 aromatic heterocycles. The fourth-order valence-electron chi connectivity index (χ4n) is 0.884. The molecule has 0 unspecified atom stereocenters. The van der Waals surface area contributed by atoms with Gasteiger partial charge in [0.25, 0.3) is 5.08 Å². The van der Waals surface area contributed by atoms with Crippen molar-refractivity contribution in [2.75, 3.05) is 28.4 Å². The van der Waals surface area contributed by atoms with Crippen LogP contribution < -0.4 is 0 Å². The monoisotopic (exact) mass is 261 g/mol. The minimum absolute atomic E-state index is 1.02. The van der Waals surface area contributed by atoms with Crippen molar-refractivity contribution in [1.29, 1.82) is 0 Å². The summed E-state index contributed by atoms with van der Waals surface area (Å²) in [5, 5.41) is 7.20. The first-order valence-electron chi connectivity index (χ1n) is 3.75. The van der Waals surface area contributed by atoms with E-state index < -0.39 is 20.3 Å². The highest BCUT2D eigenvalue weighted by atomic mass is 31.2. The van der Waals surface area contributed by atoms with E-state index in [1.807, 2.05) is 0 Å². The van der Waals surface area contributed by atoms with E-state index >= 15 is 0 Å². The van der Waals surface area contributed by atoms with Crippen LogP contribution >= 0.6 is 15.2 Å². The highest BCUT2D eigenvalue weighted by Crippen LogP contribution is 2.75. The highest BCUT2D eigenvalue weighted by Gasteiger charge is 2.60. The number of rotatable bonds is 6. The molecule has 0 aliphatic rings. The van der Waals surface area contributed by atoms with Crippen LogP contribution in [-0.4, -0.2) is 38.6 Å². The van der Waals surface area contributed by atoms with E-state index in [9.17, 15) is 14.2 Å². The summed E-state index contributed by atoms with van der Waals surface area (Å²) >= 11 is 0. The number of hydrogen-bond acceptors (Lipinski definition) is 7. The normalized spacial score (nSPS) is 14.3. The lowest BCUT2D eigenvalue weighted by Gasteiger charge is -2.33. The van der Waals surface area contributed by atoms with Crippen molar-refractivity contribution in [1.82, 2.24) is 0 Å². The van der Waals surface area contributed by atoms with Gasteiger partial charge in [0.2, 0.25) is 0 Å². The summed E-state index contributed by atoms with van der Waals surface area (Å²) in [5.41, 5.74) is 0. The molecule has 0 saturated carbocycles. The van der Waals surface area contributed by atoms with Crippen molar-refractivity contribution >= 4 is 15.2 Å². The molecule has 0 aromatic rings. The zero-order valence-electron chi connectivity index (χ0n) is 9.00. The molecule has 0 aliphatic carbocycles. The van der Waals surface area contributed by atoms with Gasteiger partial charge in [-0.25, -0.2) is 0 Å². The van der Waals surface area contributed by atoms with Gasteiger partial charge in [-0.1, -0.05) is 0 Å². The topological polar surface area (TPSA) is 91.3 Å². The maximum Gasteiger partial charge on any atom is 0.374 e. The highest BCUT2D eigenvalue weighted by molar-refractivity contribution is 7.74. The lowest BCUT2D eigenvalue weighted by atomic mass is 10.9. The summed E-state index contributed by atoms with van der Waals surface area (Å²) in [6.45, 7) is 3.13. The number of hydrogen-bond donors (Lipinski definition) is 1. The molecule has 0 heterocycles. The van der Waals surface area contributed by atoms with E-state index in [2.05, 4.69) is 25.0 Å². The lowest BCUT2D eigenvalue weighted by Crippen LogP contribution is -2.28. The van der Waals surface area contributed by atoms with Crippen LogP contribution in [0.2, 0.25) is 0 Å². The van der Waals surface area contributed by atoms with E-state index in [4.69, 9.17) is 0 Å². The average Bonchev–Trinajstić information content (AvgIpc) is 2.26. The summed E-state index contributed by atoms with van der Waals surface area (Å²) in [6, 6.07) is 0. The van der Waals surface area contributed by atoms with Gasteiger partial charge in [0.15, 0.2) is 0 Å². The van der Waals surface area contributed by atoms with Crippen molar-refractivity contribution in [2.24, 2.45) is 0 Å². The molecule has 0 atom stereocenters. The Morgan fingerprint density at radius 2 is 1.13 bits per heavy atom. The predicted octanol–water partition coefficient (Wildman–Crippen LogP) is 1.44. The Morgan fingerprint density at radius 1 is 0.933 bits per heavy atom. The van der Waals surface area contributed by atoms with Crippen LogP contribution in [0, 0.1) is 6.92 Å². The van der Waals surface area contributed by atoms with Gasteiger partial charge in [-0.15, -0.1) is 0 Å². The van der Waals surface area contributed by atoms with Crippen LogP contribution in [0.3, 0.4) is 0 Å². The molecule has 0 bridgehead atoms. The molecule has 7 nitrogen and oxygen atoms in total. The first kappa shape index (κ1) is 15.3. The molecule has 0 rings (SSSR count). The molecule has 0 aliphatic heterocycles. The third kappa shape index (κ3) is 2.34. The molecule has 9 heteroatoms. The molecular formula is C6H15O7P2. The van der Waals surface area contributed by atoms with E-state index in [1.165, 1.54) is 0 Å². The Labute approximate surface area is 88.7 Å². The summed E-state index contributed by atoms with van der Waals surface area (Å²) < 4.78 is 41.7. The predicted molar refractivity (Wildman–Crippen MR) is 53.6 cm³/mol. The maximum absolute atomic E-state index is 11.8. The summed E-state index contributed by atoms with van der Waals surface area (Å²) in [7, 11) is -4.12. The van der Waals surface area contributed by atoms with Gasteiger partial charge < -0.3 is 23.2 Å².